The number of carbonyl (C=O) groups is 1. The second-order valence-electron chi connectivity index (χ2n) is 3.80. The lowest BCUT2D eigenvalue weighted by Gasteiger charge is -2.15. The van der Waals surface area contributed by atoms with E-state index in [1.165, 1.54) is 5.56 Å². The van der Waals surface area contributed by atoms with E-state index >= 15 is 0 Å². The van der Waals surface area contributed by atoms with E-state index in [4.69, 9.17) is 5.73 Å². The zero-order chi connectivity index (χ0) is 10.1. The van der Waals surface area contributed by atoms with Crippen molar-refractivity contribution in [2.45, 2.75) is 19.4 Å². The molecule has 74 valence electrons. The van der Waals surface area contributed by atoms with Crippen LogP contribution < -0.4 is 10.6 Å². The number of amides is 1. The summed E-state index contributed by atoms with van der Waals surface area (Å²) in [5.41, 5.74) is 7.87. The fraction of sp³-hybridized carbons (Fsp3) is 0.364. The number of benzene rings is 1. The molecule has 1 unspecified atom stereocenters. The van der Waals surface area contributed by atoms with Gasteiger partial charge in [-0.1, -0.05) is 17.7 Å². The van der Waals surface area contributed by atoms with Crippen LogP contribution in [-0.4, -0.2) is 18.5 Å². The molecular weight excluding hydrogens is 176 g/mol. The molecule has 0 radical (unpaired) electrons. The van der Waals surface area contributed by atoms with E-state index in [2.05, 4.69) is 0 Å². The molecule has 2 N–H and O–H groups in total. The van der Waals surface area contributed by atoms with Crippen LogP contribution in [0.25, 0.3) is 0 Å². The van der Waals surface area contributed by atoms with Crippen LogP contribution in [0.1, 0.15) is 12.0 Å². The Labute approximate surface area is 83.5 Å². The highest BCUT2D eigenvalue weighted by molar-refractivity contribution is 5.96. The zero-order valence-corrected chi connectivity index (χ0v) is 8.23. The Bertz CT molecular complexity index is 345. The van der Waals surface area contributed by atoms with Gasteiger partial charge in [0.15, 0.2) is 0 Å². The van der Waals surface area contributed by atoms with Crippen molar-refractivity contribution < 1.29 is 4.79 Å². The highest BCUT2D eigenvalue weighted by Crippen LogP contribution is 2.20. The second-order valence-corrected chi connectivity index (χ2v) is 3.80. The standard InChI is InChI=1S/C11H14N2O/c1-8-2-4-10(5-3-8)13-7-9(12)6-11(13)14/h2-5,9H,6-7,12H2,1H3. The molecule has 1 atom stereocenters. The van der Waals surface area contributed by atoms with Gasteiger partial charge in [0.05, 0.1) is 0 Å². The third kappa shape index (κ3) is 1.63. The molecule has 1 aromatic carbocycles. The summed E-state index contributed by atoms with van der Waals surface area (Å²) < 4.78 is 0. The van der Waals surface area contributed by atoms with Gasteiger partial charge in [-0.2, -0.15) is 0 Å². The molecule has 0 aromatic heterocycles. The van der Waals surface area contributed by atoms with Gasteiger partial charge >= 0.3 is 0 Å². The van der Waals surface area contributed by atoms with Crippen LogP contribution in [-0.2, 0) is 4.79 Å². The summed E-state index contributed by atoms with van der Waals surface area (Å²) in [4.78, 5) is 13.3. The van der Waals surface area contributed by atoms with E-state index in [-0.39, 0.29) is 11.9 Å². The normalized spacial score (nSPS) is 21.7. The monoisotopic (exact) mass is 190 g/mol. The average Bonchev–Trinajstić information content (AvgIpc) is 2.47. The highest BCUT2D eigenvalue weighted by atomic mass is 16.2. The van der Waals surface area contributed by atoms with Crippen LogP contribution in [0.5, 0.6) is 0 Å². The number of carbonyl (C=O) groups excluding carboxylic acids is 1. The molecule has 2 rings (SSSR count). The molecule has 1 amide bonds. The number of hydrogen-bond acceptors (Lipinski definition) is 2. The number of hydrogen-bond donors (Lipinski definition) is 1. The molecule has 0 saturated carbocycles. The average molecular weight is 190 g/mol. The number of aryl methyl sites for hydroxylation is 1. The van der Waals surface area contributed by atoms with E-state index in [0.717, 1.165) is 5.69 Å². The number of nitrogens with two attached hydrogens (primary N) is 1. The fourth-order valence-corrected chi connectivity index (χ4v) is 1.71. The number of anilines is 1. The minimum Gasteiger partial charge on any atom is -0.326 e. The molecule has 3 nitrogen and oxygen atoms in total. The summed E-state index contributed by atoms with van der Waals surface area (Å²) in [6.45, 7) is 2.67. The third-order valence-corrected chi connectivity index (χ3v) is 2.50. The van der Waals surface area contributed by atoms with Crippen LogP contribution in [0.4, 0.5) is 5.69 Å². The second kappa shape index (κ2) is 3.42. The molecule has 0 bridgehead atoms. The Morgan fingerprint density at radius 1 is 1.36 bits per heavy atom. The topological polar surface area (TPSA) is 46.3 Å². The first-order chi connectivity index (χ1) is 6.66. The summed E-state index contributed by atoms with van der Waals surface area (Å²) >= 11 is 0. The van der Waals surface area contributed by atoms with Gasteiger partial charge in [0.25, 0.3) is 0 Å². The molecule has 1 aliphatic rings. The summed E-state index contributed by atoms with van der Waals surface area (Å²) in [5, 5.41) is 0. The molecule has 1 aromatic rings. The summed E-state index contributed by atoms with van der Waals surface area (Å²) in [5.74, 6) is 0.126. The van der Waals surface area contributed by atoms with E-state index < -0.39 is 0 Å². The molecule has 1 aliphatic heterocycles. The van der Waals surface area contributed by atoms with Crippen LogP contribution in [0.3, 0.4) is 0 Å². The van der Waals surface area contributed by atoms with Crippen LogP contribution >= 0.6 is 0 Å². The Kier molecular flexibility index (Phi) is 2.25. The molecule has 14 heavy (non-hydrogen) atoms. The SMILES string of the molecule is Cc1ccc(N2CC(N)CC2=O)cc1. The van der Waals surface area contributed by atoms with Gasteiger partial charge in [0, 0.05) is 24.7 Å². The molecule has 0 spiro atoms. The van der Waals surface area contributed by atoms with Crippen LogP contribution in [0, 0.1) is 6.92 Å². The van der Waals surface area contributed by atoms with Crippen LogP contribution in [0.15, 0.2) is 24.3 Å². The number of rotatable bonds is 1. The Balaban J connectivity index is 2.23. The first kappa shape index (κ1) is 9.21. The maximum Gasteiger partial charge on any atom is 0.228 e. The van der Waals surface area contributed by atoms with Crippen molar-refractivity contribution in [3.05, 3.63) is 29.8 Å². The first-order valence-electron chi connectivity index (χ1n) is 4.79. The molecule has 0 aliphatic carbocycles. The van der Waals surface area contributed by atoms with E-state index in [9.17, 15) is 4.79 Å². The quantitative estimate of drug-likeness (QED) is 0.719. The number of nitrogens with zero attached hydrogens (tertiary/aromatic N) is 1. The maximum atomic E-state index is 11.5. The molecule has 1 fully saturated rings. The summed E-state index contributed by atoms with van der Waals surface area (Å²) in [6.07, 6.45) is 0.466. The van der Waals surface area contributed by atoms with Crippen molar-refractivity contribution in [1.82, 2.24) is 0 Å². The molecular formula is C11H14N2O. The maximum absolute atomic E-state index is 11.5. The van der Waals surface area contributed by atoms with Gasteiger partial charge in [-0.25, -0.2) is 0 Å². The largest absolute Gasteiger partial charge is 0.326 e. The smallest absolute Gasteiger partial charge is 0.228 e. The first-order valence-corrected chi connectivity index (χ1v) is 4.79. The Morgan fingerprint density at radius 3 is 2.50 bits per heavy atom. The van der Waals surface area contributed by atoms with Gasteiger partial charge < -0.3 is 10.6 Å². The van der Waals surface area contributed by atoms with Crippen LogP contribution in [0.2, 0.25) is 0 Å². The van der Waals surface area contributed by atoms with Gasteiger partial charge in [-0.3, -0.25) is 4.79 Å². The van der Waals surface area contributed by atoms with Crippen molar-refractivity contribution in [3.63, 3.8) is 0 Å². The van der Waals surface area contributed by atoms with E-state index in [0.29, 0.717) is 13.0 Å². The van der Waals surface area contributed by atoms with Gasteiger partial charge in [-0.15, -0.1) is 0 Å². The minimum atomic E-state index is -0.0104. The van der Waals surface area contributed by atoms with Crippen molar-refractivity contribution in [3.8, 4) is 0 Å². The van der Waals surface area contributed by atoms with Crippen molar-refractivity contribution in [2.75, 3.05) is 11.4 Å². The van der Waals surface area contributed by atoms with Crippen molar-refractivity contribution in [2.24, 2.45) is 5.73 Å². The van der Waals surface area contributed by atoms with Gasteiger partial charge in [-0.05, 0) is 19.1 Å². The lowest BCUT2D eigenvalue weighted by atomic mass is 10.2. The van der Waals surface area contributed by atoms with E-state index in [1.807, 2.05) is 31.2 Å². The molecule has 1 saturated heterocycles. The Hall–Kier alpha value is -1.35. The Morgan fingerprint density at radius 2 is 2.00 bits per heavy atom. The summed E-state index contributed by atoms with van der Waals surface area (Å²) in [6, 6.07) is 7.93. The highest BCUT2D eigenvalue weighted by Gasteiger charge is 2.27. The van der Waals surface area contributed by atoms with Crippen molar-refractivity contribution >= 4 is 11.6 Å². The molecule has 3 heteroatoms. The third-order valence-electron chi connectivity index (χ3n) is 2.50. The van der Waals surface area contributed by atoms with Crippen molar-refractivity contribution in [1.29, 1.82) is 0 Å². The predicted molar refractivity (Wildman–Crippen MR) is 56.1 cm³/mol. The van der Waals surface area contributed by atoms with Gasteiger partial charge in [0.1, 0.15) is 0 Å². The lowest BCUT2D eigenvalue weighted by Crippen LogP contribution is -2.27. The lowest BCUT2D eigenvalue weighted by molar-refractivity contribution is -0.117. The molecule has 1 heterocycles. The predicted octanol–water partition coefficient (Wildman–Crippen LogP) is 1.06. The van der Waals surface area contributed by atoms with Gasteiger partial charge in [0.2, 0.25) is 5.91 Å². The minimum absolute atomic E-state index is 0.0104. The fourth-order valence-electron chi connectivity index (χ4n) is 1.71. The zero-order valence-electron chi connectivity index (χ0n) is 8.23. The summed E-state index contributed by atoms with van der Waals surface area (Å²) in [7, 11) is 0. The van der Waals surface area contributed by atoms with E-state index in [1.54, 1.807) is 4.90 Å².